The van der Waals surface area contributed by atoms with E-state index in [2.05, 4.69) is 26.1 Å². The first-order chi connectivity index (χ1) is 8.81. The predicted octanol–water partition coefficient (Wildman–Crippen LogP) is 3.86. The molecule has 3 atom stereocenters. The Morgan fingerprint density at radius 2 is 1.89 bits per heavy atom. The van der Waals surface area contributed by atoms with Crippen LogP contribution in [0.25, 0.3) is 0 Å². The number of ether oxygens (including phenoxy) is 1. The Bertz CT molecular complexity index is 194. The minimum atomic E-state index is 0.791. The Balaban J connectivity index is 2.35. The highest BCUT2D eigenvalue weighted by molar-refractivity contribution is 4.81. The third-order valence-electron chi connectivity index (χ3n) is 4.34. The quantitative estimate of drug-likeness (QED) is 0.632. The molecule has 1 fully saturated rings. The summed E-state index contributed by atoms with van der Waals surface area (Å²) in [6.07, 6.45) is 7.94. The fraction of sp³-hybridized carbons (Fsp3) is 1.00. The van der Waals surface area contributed by atoms with Crippen molar-refractivity contribution in [2.45, 2.75) is 59.3 Å². The lowest BCUT2D eigenvalue weighted by molar-refractivity contribution is 0.0444. The van der Waals surface area contributed by atoms with Crippen molar-refractivity contribution in [1.29, 1.82) is 0 Å². The first-order valence-electron chi connectivity index (χ1n) is 8.10. The minimum Gasteiger partial charge on any atom is -0.381 e. The summed E-state index contributed by atoms with van der Waals surface area (Å²) in [5.41, 5.74) is 0. The molecule has 0 aromatic heterocycles. The van der Waals surface area contributed by atoms with Gasteiger partial charge in [-0.15, -0.1) is 0 Å². The molecular weight excluding hydrogens is 222 g/mol. The summed E-state index contributed by atoms with van der Waals surface area (Å²) in [5, 5.41) is 3.60. The molecule has 0 aromatic rings. The predicted molar refractivity (Wildman–Crippen MR) is 78.9 cm³/mol. The molecule has 1 saturated carbocycles. The molecule has 3 unspecified atom stereocenters. The molecule has 1 N–H and O–H groups in total. The van der Waals surface area contributed by atoms with Gasteiger partial charge in [0, 0.05) is 13.2 Å². The van der Waals surface area contributed by atoms with Crippen molar-refractivity contribution in [1.82, 2.24) is 5.32 Å². The van der Waals surface area contributed by atoms with Crippen LogP contribution in [-0.4, -0.2) is 26.3 Å². The molecule has 0 radical (unpaired) electrons. The zero-order chi connectivity index (χ0) is 13.2. The van der Waals surface area contributed by atoms with E-state index in [1.165, 1.54) is 38.6 Å². The summed E-state index contributed by atoms with van der Waals surface area (Å²) in [6.45, 7) is 11.1. The van der Waals surface area contributed by atoms with Gasteiger partial charge in [0.15, 0.2) is 0 Å². The maximum atomic E-state index is 5.82. The van der Waals surface area contributed by atoms with Crippen LogP contribution < -0.4 is 5.32 Å². The van der Waals surface area contributed by atoms with E-state index in [9.17, 15) is 0 Å². The molecule has 2 nitrogen and oxygen atoms in total. The SMILES string of the molecule is CCCNCC1CCC(CC)CC1COCCC. The van der Waals surface area contributed by atoms with E-state index < -0.39 is 0 Å². The van der Waals surface area contributed by atoms with Crippen molar-refractivity contribution in [2.24, 2.45) is 17.8 Å². The normalized spacial score (nSPS) is 28.5. The lowest BCUT2D eigenvalue weighted by atomic mass is 9.73. The van der Waals surface area contributed by atoms with Gasteiger partial charge in [0.25, 0.3) is 0 Å². The summed E-state index contributed by atoms with van der Waals surface area (Å²) in [4.78, 5) is 0. The largest absolute Gasteiger partial charge is 0.381 e. The summed E-state index contributed by atoms with van der Waals surface area (Å²) in [5.74, 6) is 2.58. The lowest BCUT2D eigenvalue weighted by Crippen LogP contribution is -2.35. The topological polar surface area (TPSA) is 21.3 Å². The van der Waals surface area contributed by atoms with Crippen molar-refractivity contribution in [2.75, 3.05) is 26.3 Å². The highest BCUT2D eigenvalue weighted by Gasteiger charge is 2.29. The standard InChI is InChI=1S/C16H33NO/c1-4-9-17-12-15-8-7-14(6-3)11-16(15)13-18-10-5-2/h14-17H,4-13H2,1-3H3. The lowest BCUT2D eigenvalue weighted by Gasteiger charge is -2.36. The highest BCUT2D eigenvalue weighted by Crippen LogP contribution is 2.35. The van der Waals surface area contributed by atoms with E-state index in [1.807, 2.05) is 0 Å². The summed E-state index contributed by atoms with van der Waals surface area (Å²) >= 11 is 0. The van der Waals surface area contributed by atoms with Gasteiger partial charge in [-0.1, -0.05) is 33.6 Å². The molecule has 1 aliphatic carbocycles. The van der Waals surface area contributed by atoms with Crippen molar-refractivity contribution in [3.05, 3.63) is 0 Å². The van der Waals surface area contributed by atoms with Gasteiger partial charge in [-0.3, -0.25) is 0 Å². The zero-order valence-corrected chi connectivity index (χ0v) is 12.7. The van der Waals surface area contributed by atoms with E-state index >= 15 is 0 Å². The van der Waals surface area contributed by atoms with Gasteiger partial charge in [-0.25, -0.2) is 0 Å². The Labute approximate surface area is 114 Å². The molecule has 2 heteroatoms. The third kappa shape index (κ3) is 5.71. The third-order valence-corrected chi connectivity index (χ3v) is 4.34. The molecule has 108 valence electrons. The van der Waals surface area contributed by atoms with Crippen LogP contribution in [0.3, 0.4) is 0 Å². The number of rotatable bonds is 9. The smallest absolute Gasteiger partial charge is 0.0497 e. The Hall–Kier alpha value is -0.0800. The number of hydrogen-bond donors (Lipinski definition) is 1. The second-order valence-electron chi connectivity index (χ2n) is 5.89. The summed E-state index contributed by atoms with van der Waals surface area (Å²) in [7, 11) is 0. The van der Waals surface area contributed by atoms with Gasteiger partial charge in [-0.2, -0.15) is 0 Å². The van der Waals surface area contributed by atoms with E-state index in [4.69, 9.17) is 4.74 Å². The Morgan fingerprint density at radius 3 is 2.56 bits per heavy atom. The van der Waals surface area contributed by atoms with Crippen molar-refractivity contribution in [3.8, 4) is 0 Å². The minimum absolute atomic E-state index is 0.791. The van der Waals surface area contributed by atoms with Crippen LogP contribution in [0.2, 0.25) is 0 Å². The second kappa shape index (κ2) is 9.80. The maximum absolute atomic E-state index is 5.82. The molecule has 0 amide bonds. The zero-order valence-electron chi connectivity index (χ0n) is 12.7. The van der Waals surface area contributed by atoms with Crippen LogP contribution in [0.4, 0.5) is 0 Å². The van der Waals surface area contributed by atoms with Crippen LogP contribution in [0.5, 0.6) is 0 Å². The van der Waals surface area contributed by atoms with Crippen LogP contribution in [0.1, 0.15) is 59.3 Å². The summed E-state index contributed by atoms with van der Waals surface area (Å²) in [6, 6.07) is 0. The van der Waals surface area contributed by atoms with Crippen LogP contribution >= 0.6 is 0 Å². The van der Waals surface area contributed by atoms with Gasteiger partial charge in [-0.05, 0) is 56.5 Å². The Morgan fingerprint density at radius 1 is 1.06 bits per heavy atom. The highest BCUT2D eigenvalue weighted by atomic mass is 16.5. The fourth-order valence-electron chi connectivity index (χ4n) is 3.11. The number of hydrogen-bond acceptors (Lipinski definition) is 2. The molecule has 0 aliphatic heterocycles. The van der Waals surface area contributed by atoms with Crippen molar-refractivity contribution < 1.29 is 4.74 Å². The van der Waals surface area contributed by atoms with Crippen LogP contribution in [-0.2, 0) is 4.74 Å². The maximum Gasteiger partial charge on any atom is 0.0497 e. The molecule has 0 spiro atoms. The first-order valence-corrected chi connectivity index (χ1v) is 8.10. The monoisotopic (exact) mass is 255 g/mol. The van der Waals surface area contributed by atoms with Gasteiger partial charge in [0.1, 0.15) is 0 Å². The van der Waals surface area contributed by atoms with E-state index in [0.717, 1.165) is 43.9 Å². The molecule has 0 heterocycles. The summed E-state index contributed by atoms with van der Waals surface area (Å²) < 4.78 is 5.82. The Kier molecular flexibility index (Phi) is 8.70. The van der Waals surface area contributed by atoms with E-state index in [1.54, 1.807) is 0 Å². The molecule has 1 aliphatic rings. The molecule has 0 aromatic carbocycles. The molecule has 1 rings (SSSR count). The molecule has 18 heavy (non-hydrogen) atoms. The average Bonchev–Trinajstić information content (AvgIpc) is 2.40. The first kappa shape index (κ1) is 16.0. The van der Waals surface area contributed by atoms with Gasteiger partial charge < -0.3 is 10.1 Å². The van der Waals surface area contributed by atoms with E-state index in [-0.39, 0.29) is 0 Å². The second-order valence-corrected chi connectivity index (χ2v) is 5.89. The molecular formula is C16H33NO. The average molecular weight is 255 g/mol. The van der Waals surface area contributed by atoms with E-state index in [0.29, 0.717) is 0 Å². The van der Waals surface area contributed by atoms with Crippen molar-refractivity contribution >= 4 is 0 Å². The van der Waals surface area contributed by atoms with Gasteiger partial charge >= 0.3 is 0 Å². The van der Waals surface area contributed by atoms with Crippen molar-refractivity contribution in [3.63, 3.8) is 0 Å². The number of nitrogens with one attached hydrogen (secondary N) is 1. The molecule has 0 saturated heterocycles. The van der Waals surface area contributed by atoms with Gasteiger partial charge in [0.2, 0.25) is 0 Å². The molecule has 0 bridgehead atoms. The van der Waals surface area contributed by atoms with Crippen LogP contribution in [0.15, 0.2) is 0 Å². The van der Waals surface area contributed by atoms with Crippen LogP contribution in [0, 0.1) is 17.8 Å². The fourth-order valence-corrected chi connectivity index (χ4v) is 3.11. The van der Waals surface area contributed by atoms with Gasteiger partial charge in [0.05, 0.1) is 0 Å².